The first-order chi connectivity index (χ1) is 48.0. The largest absolute Gasteiger partial charge is 0.106 e. The van der Waals surface area contributed by atoms with Gasteiger partial charge in [0.1, 0.15) is 0 Å². The summed E-state index contributed by atoms with van der Waals surface area (Å²) in [6, 6.07) is 0. The third kappa shape index (κ3) is 482000. The van der Waals surface area contributed by atoms with Gasteiger partial charge in [0.2, 0.25) is 0 Å². The van der Waals surface area contributed by atoms with E-state index in [1.165, 1.54) is 0 Å². The van der Waals surface area contributed by atoms with E-state index in [0.717, 1.165) is 0 Å². The third-order valence-corrected chi connectivity index (χ3v) is 0. The summed E-state index contributed by atoms with van der Waals surface area (Å²) in [6.07, 6.45) is 0. The molecule has 0 rings (SSSR count). The van der Waals surface area contributed by atoms with Gasteiger partial charge in [0, 0.05) is 0 Å². The SMILES string of the molecule is C=C.C=C.C=C.C=C.C=C.CC.CC.CC.CC.CC.CC.CC.CC.CC.CC.CC.CC.CC.CC.CC.CC.CC.CC.CC.CC.CC.CC.CC.CC.CC.CC.CC.CC.CC.CC.CC.CC.CC.CC.CC.CC.CC.CC.CC.CC.CC.CC(C)(C)C. The Morgan fingerprint density at radius 3 is 0.0722 bits per heavy atom. The summed E-state index contributed by atoms with van der Waals surface area (Å²) in [4.78, 5) is 0. The monoisotopic (exact) mass is 1440 g/mol. The van der Waals surface area contributed by atoms with E-state index >= 15 is 0 Å². The Morgan fingerprint density at radius 1 is 0.0722 bits per heavy atom. The van der Waals surface area contributed by atoms with Crippen molar-refractivity contribution in [3.8, 4) is 0 Å². The molecule has 0 N–H and O–H groups in total. The maximum atomic E-state index is 3.00. The summed E-state index contributed by atoms with van der Waals surface area (Å²) in [5, 5.41) is 0. The van der Waals surface area contributed by atoms with Gasteiger partial charge in [-0.05, 0) is 5.41 Å². The molecule has 0 amide bonds. The van der Waals surface area contributed by atoms with E-state index in [9.17, 15) is 0 Å². The molecule has 666 valence electrons. The van der Waals surface area contributed by atoms with Crippen LogP contribution in [-0.2, 0) is 0 Å². The Balaban J connectivity index is -0.00000000586. The van der Waals surface area contributed by atoms with Crippen LogP contribution >= 0.6 is 0 Å². The van der Waals surface area contributed by atoms with Crippen LogP contribution in [0.1, 0.15) is 595 Å². The zero-order valence-corrected chi connectivity index (χ0v) is 93.6. The van der Waals surface area contributed by atoms with E-state index in [1.54, 1.807) is 0 Å². The molecule has 0 unspecified atom stereocenters. The van der Waals surface area contributed by atoms with Gasteiger partial charge in [-0.25, -0.2) is 0 Å². The lowest BCUT2D eigenvalue weighted by Gasteiger charge is -2.05. The summed E-state index contributed by atoms with van der Waals surface area (Å²) in [6.45, 7) is 203. The molecule has 0 heteroatoms. The van der Waals surface area contributed by atoms with Gasteiger partial charge in [-0.1, -0.05) is 595 Å². The first-order valence-corrected chi connectivity index (χ1v) is 45.5. The van der Waals surface area contributed by atoms with E-state index in [4.69, 9.17) is 0 Å². The van der Waals surface area contributed by atoms with E-state index in [2.05, 4.69) is 93.5 Å². The van der Waals surface area contributed by atoms with Crippen molar-refractivity contribution in [3.63, 3.8) is 0 Å². The fraction of sp³-hybridized carbons (Fsp3) is 0.897. The van der Waals surface area contributed by atoms with Gasteiger partial charge in [0.25, 0.3) is 0 Å². The van der Waals surface area contributed by atoms with E-state index in [0.29, 0.717) is 5.41 Å². The van der Waals surface area contributed by atoms with Gasteiger partial charge >= 0.3 is 0 Å². The molecule has 0 aliphatic rings. The predicted molar refractivity (Wildman–Crippen MR) is 547 cm³/mol. The van der Waals surface area contributed by atoms with Crippen LogP contribution in [0.25, 0.3) is 0 Å². The molecular formula is C97H278. The predicted octanol–water partition coefficient (Wildman–Crippen LogP) is 48.1. The van der Waals surface area contributed by atoms with Gasteiger partial charge in [0.15, 0.2) is 0 Å². The van der Waals surface area contributed by atoms with Crippen molar-refractivity contribution in [2.45, 2.75) is 595 Å². The Hall–Kier alpha value is -1.30. The molecule has 0 aromatic rings. The maximum Gasteiger partial charge on any atom is -0.0411 e. The van der Waals surface area contributed by atoms with Crippen molar-refractivity contribution in [3.05, 3.63) is 65.8 Å². The number of hydrogen-bond acceptors (Lipinski definition) is 0. The zero-order valence-electron chi connectivity index (χ0n) is 93.6. The highest BCUT2D eigenvalue weighted by atomic mass is 14.0. The van der Waals surface area contributed by atoms with Crippen molar-refractivity contribution in [1.82, 2.24) is 0 Å². The van der Waals surface area contributed by atoms with Crippen LogP contribution in [0, 0.1) is 5.41 Å². The summed E-state index contributed by atoms with van der Waals surface area (Å²) in [5.74, 6) is 0. The van der Waals surface area contributed by atoms with Crippen LogP contribution < -0.4 is 0 Å². The molecule has 0 fully saturated rings. The lowest BCUT2D eigenvalue weighted by molar-refractivity contribution is 0.469. The molecular weight excluding hydrogens is 1170 g/mol. The Morgan fingerprint density at radius 2 is 0.0722 bits per heavy atom. The Bertz CT molecular complexity index is 49.0. The minimum Gasteiger partial charge on any atom is -0.106 e. The minimum atomic E-state index is 0.500. The van der Waals surface area contributed by atoms with Crippen LogP contribution in [0.4, 0.5) is 0 Å². The van der Waals surface area contributed by atoms with Crippen LogP contribution in [0.3, 0.4) is 0 Å². The zero-order chi connectivity index (χ0) is 96.5. The van der Waals surface area contributed by atoms with Crippen LogP contribution in [0.15, 0.2) is 65.8 Å². The molecule has 0 saturated carbocycles. The van der Waals surface area contributed by atoms with Gasteiger partial charge in [-0.15, -0.1) is 65.8 Å². The van der Waals surface area contributed by atoms with E-state index < -0.39 is 0 Å². The molecule has 0 aromatic carbocycles. The summed E-state index contributed by atoms with van der Waals surface area (Å²) < 4.78 is 0. The average molecular weight is 1450 g/mol. The average Bonchev–Trinajstić information content (AvgIpc) is 3.82. The normalized spacial score (nSPS) is 3.36. The standard InChI is InChI=1S/C5H12.41C2H6.5C2H4/c1-5(2,3)4;46*1-2/h1-4H3;41*1-2H3;5*1-2H2. The molecule has 97 heavy (non-hydrogen) atoms. The molecule has 0 spiro atoms. The highest BCUT2D eigenvalue weighted by Crippen LogP contribution is 2.08. The maximum absolute atomic E-state index is 3.00. The van der Waals surface area contributed by atoms with Crippen molar-refractivity contribution < 1.29 is 0 Å². The smallest absolute Gasteiger partial charge is 0.0411 e. The fourth-order valence-electron chi connectivity index (χ4n) is 0. The Kier molecular flexibility index (Phi) is 140000. The molecule has 0 heterocycles. The van der Waals surface area contributed by atoms with Gasteiger partial charge in [-0.2, -0.15) is 0 Å². The molecule has 0 aliphatic heterocycles. The van der Waals surface area contributed by atoms with Crippen molar-refractivity contribution in [1.29, 1.82) is 0 Å². The second-order valence-corrected chi connectivity index (χ2v) is 3.00. The molecule has 0 saturated heterocycles. The quantitative estimate of drug-likeness (QED) is 0.212. The topological polar surface area (TPSA) is 0 Å². The Labute approximate surface area is 663 Å². The van der Waals surface area contributed by atoms with Gasteiger partial charge in [0.05, 0.1) is 0 Å². The second kappa shape index (κ2) is 37600. The first kappa shape index (κ1) is 362. The lowest BCUT2D eigenvalue weighted by atomic mass is 10.0. The third-order valence-electron chi connectivity index (χ3n) is 0. The first-order valence-electron chi connectivity index (χ1n) is 45.5. The summed E-state index contributed by atoms with van der Waals surface area (Å²) >= 11 is 0. The number of hydrogen-bond donors (Lipinski definition) is 0. The molecule has 0 bridgehead atoms. The van der Waals surface area contributed by atoms with E-state index in [-0.39, 0.29) is 0 Å². The highest BCUT2D eigenvalue weighted by molar-refractivity contribution is 4.47. The highest BCUT2D eigenvalue weighted by Gasteiger charge is 1.95. The summed E-state index contributed by atoms with van der Waals surface area (Å²) in [7, 11) is 0. The van der Waals surface area contributed by atoms with Crippen molar-refractivity contribution >= 4 is 0 Å². The van der Waals surface area contributed by atoms with Gasteiger partial charge < -0.3 is 0 Å². The van der Waals surface area contributed by atoms with Crippen LogP contribution in [0.2, 0.25) is 0 Å². The fourth-order valence-corrected chi connectivity index (χ4v) is 0. The second-order valence-electron chi connectivity index (χ2n) is 3.00. The van der Waals surface area contributed by atoms with Crippen LogP contribution in [0.5, 0.6) is 0 Å². The van der Waals surface area contributed by atoms with Crippen molar-refractivity contribution in [2.75, 3.05) is 0 Å². The van der Waals surface area contributed by atoms with Gasteiger partial charge in [-0.3, -0.25) is 0 Å². The lowest BCUT2D eigenvalue weighted by Crippen LogP contribution is -1.93. The minimum absolute atomic E-state index is 0.500. The number of rotatable bonds is 0. The molecule has 0 nitrogen and oxygen atoms in total. The van der Waals surface area contributed by atoms with Crippen LogP contribution in [-0.4, -0.2) is 0 Å². The van der Waals surface area contributed by atoms with Crippen molar-refractivity contribution in [2.24, 2.45) is 5.41 Å². The molecule has 0 aliphatic carbocycles. The van der Waals surface area contributed by atoms with E-state index in [1.807, 2.05) is 568 Å². The molecule has 0 radical (unpaired) electrons. The molecule has 0 atom stereocenters. The molecule has 0 aromatic heterocycles. The summed E-state index contributed by atoms with van der Waals surface area (Å²) in [5.41, 5.74) is 0.500.